The number of rotatable bonds is 2. The van der Waals surface area contributed by atoms with E-state index in [1.165, 1.54) is 0 Å². The Morgan fingerprint density at radius 2 is 1.65 bits per heavy atom. The first-order valence-electron chi connectivity index (χ1n) is 4.87. The number of hydrogen-bond donors (Lipinski definition) is 2. The van der Waals surface area contributed by atoms with Gasteiger partial charge in [0.15, 0.2) is 0 Å². The summed E-state index contributed by atoms with van der Waals surface area (Å²) in [4.78, 5) is 34.2. The van der Waals surface area contributed by atoms with E-state index in [1.54, 1.807) is 0 Å². The highest BCUT2D eigenvalue weighted by molar-refractivity contribution is 5.86. The second kappa shape index (κ2) is 4.86. The molecule has 7 nitrogen and oxygen atoms in total. The minimum atomic E-state index is -1.28. The molecule has 0 bridgehead atoms. The Labute approximate surface area is 97.3 Å². The Morgan fingerprint density at radius 3 is 1.94 bits per heavy atom. The number of carbonyl (C=O) groups is 3. The normalized spacial score (nSPS) is 24.3. The highest BCUT2D eigenvalue weighted by atomic mass is 16.5. The van der Waals surface area contributed by atoms with Gasteiger partial charge in [0.2, 0.25) is 0 Å². The van der Waals surface area contributed by atoms with Gasteiger partial charge in [0.1, 0.15) is 12.1 Å². The van der Waals surface area contributed by atoms with E-state index in [0.717, 1.165) is 12.0 Å². The third-order valence-corrected chi connectivity index (χ3v) is 2.59. The van der Waals surface area contributed by atoms with Gasteiger partial charge in [-0.1, -0.05) is 12.2 Å². The number of ether oxygens (including phenoxy) is 1. The number of methoxy groups -OCH3 is 1. The van der Waals surface area contributed by atoms with Crippen LogP contribution in [0.2, 0.25) is 0 Å². The molecule has 0 spiro atoms. The summed E-state index contributed by atoms with van der Waals surface area (Å²) >= 11 is 0. The second-order valence-electron chi connectivity index (χ2n) is 3.74. The van der Waals surface area contributed by atoms with Crippen LogP contribution in [0.5, 0.6) is 0 Å². The van der Waals surface area contributed by atoms with Gasteiger partial charge in [-0.05, 0) is 12.8 Å². The molecule has 1 saturated heterocycles. The SMILES string of the molecule is C=C1CC(C(=O)O)N(C(=O)OC)C(C(=O)O)C1. The van der Waals surface area contributed by atoms with Gasteiger partial charge < -0.3 is 14.9 Å². The van der Waals surface area contributed by atoms with E-state index in [4.69, 9.17) is 10.2 Å². The lowest BCUT2D eigenvalue weighted by molar-refractivity contribution is -0.150. The molecule has 2 unspecified atom stereocenters. The number of aliphatic carboxylic acids is 2. The van der Waals surface area contributed by atoms with Gasteiger partial charge in [0.25, 0.3) is 0 Å². The molecule has 1 amide bonds. The van der Waals surface area contributed by atoms with Gasteiger partial charge in [-0.25, -0.2) is 14.4 Å². The summed E-state index contributed by atoms with van der Waals surface area (Å²) in [5.74, 6) is -2.55. The van der Waals surface area contributed by atoms with Crippen LogP contribution in [0, 0.1) is 0 Å². The number of likely N-dealkylation sites (tertiary alicyclic amines) is 1. The topological polar surface area (TPSA) is 104 Å². The standard InChI is InChI=1S/C10H13NO6/c1-5-3-6(8(12)13)11(10(16)17-2)7(4-5)9(14)15/h6-7H,1,3-4H2,2H3,(H,12,13)(H,14,15). The van der Waals surface area contributed by atoms with Crippen LogP contribution in [0.15, 0.2) is 12.2 Å². The molecule has 2 N–H and O–H groups in total. The molecule has 1 rings (SSSR count). The van der Waals surface area contributed by atoms with Crippen molar-refractivity contribution in [1.82, 2.24) is 4.90 Å². The van der Waals surface area contributed by atoms with Gasteiger partial charge in [0, 0.05) is 0 Å². The number of piperidine rings is 1. The average Bonchev–Trinajstić information content (AvgIpc) is 2.26. The maximum Gasteiger partial charge on any atom is 0.411 e. The first-order valence-corrected chi connectivity index (χ1v) is 4.87. The highest BCUT2D eigenvalue weighted by Gasteiger charge is 2.43. The Bertz CT molecular complexity index is 351. The van der Waals surface area contributed by atoms with E-state index >= 15 is 0 Å². The zero-order valence-electron chi connectivity index (χ0n) is 9.25. The van der Waals surface area contributed by atoms with Gasteiger partial charge in [-0.15, -0.1) is 0 Å². The van der Waals surface area contributed by atoms with Gasteiger partial charge in [-0.3, -0.25) is 4.90 Å². The summed E-state index contributed by atoms with van der Waals surface area (Å²) in [6.45, 7) is 3.59. The van der Waals surface area contributed by atoms with E-state index in [2.05, 4.69) is 11.3 Å². The summed E-state index contributed by atoms with van der Waals surface area (Å²) < 4.78 is 4.42. The van der Waals surface area contributed by atoms with Gasteiger partial charge >= 0.3 is 18.0 Å². The van der Waals surface area contributed by atoms with Gasteiger partial charge in [0.05, 0.1) is 7.11 Å². The number of carboxylic acid groups (broad SMARTS) is 2. The van der Waals surface area contributed by atoms with Crippen molar-refractivity contribution in [3.63, 3.8) is 0 Å². The van der Waals surface area contributed by atoms with Gasteiger partial charge in [-0.2, -0.15) is 0 Å². The summed E-state index contributed by atoms with van der Waals surface area (Å²) in [5, 5.41) is 18.0. The molecule has 0 aromatic heterocycles. The Kier molecular flexibility index (Phi) is 3.72. The smallest absolute Gasteiger partial charge is 0.411 e. The molecule has 0 radical (unpaired) electrons. The van der Waals surface area contributed by atoms with Crippen LogP contribution in [0.25, 0.3) is 0 Å². The highest BCUT2D eigenvalue weighted by Crippen LogP contribution is 2.27. The first kappa shape index (κ1) is 13.0. The number of carbonyl (C=O) groups excluding carboxylic acids is 1. The van der Waals surface area contributed by atoms with Crippen molar-refractivity contribution >= 4 is 18.0 Å². The molecule has 94 valence electrons. The summed E-state index contributed by atoms with van der Waals surface area (Å²) in [5.41, 5.74) is 0.491. The Morgan fingerprint density at radius 1 is 1.24 bits per heavy atom. The number of amides is 1. The van der Waals surface area contributed by atoms with Crippen LogP contribution in [-0.4, -0.2) is 52.3 Å². The Balaban J connectivity index is 3.10. The van der Waals surface area contributed by atoms with E-state index in [-0.39, 0.29) is 12.8 Å². The summed E-state index contributed by atoms with van der Waals surface area (Å²) in [6.07, 6.45) is -0.889. The van der Waals surface area contributed by atoms with Crippen molar-refractivity contribution in [1.29, 1.82) is 0 Å². The molecule has 1 fully saturated rings. The van der Waals surface area contributed by atoms with Crippen LogP contribution in [0.3, 0.4) is 0 Å². The molecule has 0 aromatic carbocycles. The molecule has 1 aliphatic rings. The molecular weight excluding hydrogens is 230 g/mol. The van der Waals surface area contributed by atoms with Crippen LogP contribution in [0.1, 0.15) is 12.8 Å². The molecule has 1 aliphatic heterocycles. The fourth-order valence-electron chi connectivity index (χ4n) is 1.82. The van der Waals surface area contributed by atoms with Crippen LogP contribution >= 0.6 is 0 Å². The molecule has 7 heteroatoms. The maximum absolute atomic E-state index is 11.5. The predicted molar refractivity (Wildman–Crippen MR) is 55.5 cm³/mol. The van der Waals surface area contributed by atoms with E-state index in [0.29, 0.717) is 5.57 Å². The van der Waals surface area contributed by atoms with Crippen LogP contribution in [-0.2, 0) is 14.3 Å². The predicted octanol–water partition coefficient (Wildman–Crippen LogP) is 0.311. The number of carboxylic acids is 2. The third kappa shape index (κ3) is 2.55. The fourth-order valence-corrected chi connectivity index (χ4v) is 1.82. The molecule has 0 saturated carbocycles. The van der Waals surface area contributed by atoms with Crippen molar-refractivity contribution in [3.05, 3.63) is 12.2 Å². The number of hydrogen-bond acceptors (Lipinski definition) is 4. The summed E-state index contributed by atoms with van der Waals surface area (Å²) in [7, 11) is 1.07. The minimum Gasteiger partial charge on any atom is -0.480 e. The molecule has 0 aromatic rings. The van der Waals surface area contributed by atoms with E-state index < -0.39 is 30.1 Å². The lowest BCUT2D eigenvalue weighted by Gasteiger charge is -2.37. The van der Waals surface area contributed by atoms with Crippen molar-refractivity contribution in [3.8, 4) is 0 Å². The second-order valence-corrected chi connectivity index (χ2v) is 3.74. The molecule has 0 aliphatic carbocycles. The molecule has 1 heterocycles. The lowest BCUT2D eigenvalue weighted by Crippen LogP contribution is -2.56. The van der Waals surface area contributed by atoms with Crippen molar-refractivity contribution in [2.24, 2.45) is 0 Å². The van der Waals surface area contributed by atoms with E-state index in [1.807, 2.05) is 0 Å². The van der Waals surface area contributed by atoms with Crippen LogP contribution < -0.4 is 0 Å². The number of nitrogens with zero attached hydrogens (tertiary/aromatic N) is 1. The fraction of sp³-hybridized carbons (Fsp3) is 0.500. The first-order chi connectivity index (χ1) is 7.88. The largest absolute Gasteiger partial charge is 0.480 e. The third-order valence-electron chi connectivity index (χ3n) is 2.59. The van der Waals surface area contributed by atoms with Crippen molar-refractivity contribution < 1.29 is 29.3 Å². The van der Waals surface area contributed by atoms with Crippen molar-refractivity contribution in [2.45, 2.75) is 24.9 Å². The van der Waals surface area contributed by atoms with Crippen LogP contribution in [0.4, 0.5) is 4.79 Å². The molecular formula is C10H13NO6. The molecule has 2 atom stereocenters. The molecule has 17 heavy (non-hydrogen) atoms. The lowest BCUT2D eigenvalue weighted by atomic mass is 9.92. The Hall–Kier alpha value is -2.05. The monoisotopic (exact) mass is 243 g/mol. The van der Waals surface area contributed by atoms with E-state index in [9.17, 15) is 14.4 Å². The quantitative estimate of drug-likeness (QED) is 0.676. The maximum atomic E-state index is 11.5. The van der Waals surface area contributed by atoms with Crippen molar-refractivity contribution in [2.75, 3.05) is 7.11 Å². The zero-order chi connectivity index (χ0) is 13.2. The zero-order valence-corrected chi connectivity index (χ0v) is 9.25. The average molecular weight is 243 g/mol. The summed E-state index contributed by atoms with van der Waals surface area (Å²) in [6, 6.07) is -2.49. The minimum absolute atomic E-state index is 0.0359.